The number of carbonyl (C=O) groups excluding carboxylic acids is 1. The number of sulfone groups is 1. The number of aliphatic hydroxyl groups excluding tert-OH is 1. The van der Waals surface area contributed by atoms with Crippen molar-refractivity contribution in [2.75, 3.05) is 25.5 Å². The average molecular weight is 557 g/mol. The average Bonchev–Trinajstić information content (AvgIpc) is 3.30. The quantitative estimate of drug-likeness (QED) is 0.402. The van der Waals surface area contributed by atoms with Crippen molar-refractivity contribution in [3.8, 4) is 0 Å². The molecule has 0 unspecified atom stereocenters. The Kier molecular flexibility index (Phi) is 9.86. The second-order valence-corrected chi connectivity index (χ2v) is 13.6. The normalized spacial score (nSPS) is 22.6. The van der Waals surface area contributed by atoms with Crippen LogP contribution in [0.3, 0.4) is 0 Å². The van der Waals surface area contributed by atoms with Crippen LogP contribution in [0, 0.1) is 11.8 Å². The van der Waals surface area contributed by atoms with E-state index in [0.29, 0.717) is 35.1 Å². The third kappa shape index (κ3) is 6.91. The number of nitrogens with one attached hydrogen (secondary N) is 1. The number of amides is 1. The minimum atomic E-state index is -3.31. The van der Waals surface area contributed by atoms with Gasteiger partial charge in [-0.3, -0.25) is 9.69 Å². The summed E-state index contributed by atoms with van der Waals surface area (Å²) in [6.07, 6.45) is 5.08. The summed E-state index contributed by atoms with van der Waals surface area (Å²) in [4.78, 5) is 16.0. The number of carbonyl (C=O) groups is 1. The Morgan fingerprint density at radius 1 is 1.08 bits per heavy atom. The molecule has 214 valence electrons. The number of nitrogens with zero attached hydrogens (tertiary/aromatic N) is 1. The van der Waals surface area contributed by atoms with Crippen molar-refractivity contribution in [3.63, 3.8) is 0 Å². The van der Waals surface area contributed by atoms with Crippen LogP contribution in [0.15, 0.2) is 47.4 Å². The van der Waals surface area contributed by atoms with Crippen LogP contribution in [0.1, 0.15) is 92.5 Å². The SMILES string of the molecule is CCOC1CCC(CN2Cc3cc(C(=O)N[C@@H](CO)c4ccc(S(=O)(=O)CC)cc4)ccc3[C@@H]2C(C)C)CC1. The Morgan fingerprint density at radius 3 is 2.36 bits per heavy atom. The summed E-state index contributed by atoms with van der Waals surface area (Å²) in [7, 11) is -3.31. The molecule has 39 heavy (non-hydrogen) atoms. The van der Waals surface area contributed by atoms with Gasteiger partial charge in [0.25, 0.3) is 5.91 Å². The van der Waals surface area contributed by atoms with Crippen LogP contribution in [0.2, 0.25) is 0 Å². The standard InChI is InChI=1S/C31H44N2O5S/c1-5-38-26-12-7-22(8-13-26)18-33-19-25-17-24(11-16-28(25)30(33)21(3)4)31(35)32-29(20-34)23-9-14-27(15-10-23)39(36,37)6-2/h9-11,14-17,21-22,26,29-30,34H,5-8,12-13,18-20H2,1-4H3,(H,32,35)/t22?,26?,29-,30-/m0/s1. The molecule has 7 nitrogen and oxygen atoms in total. The third-order valence-corrected chi connectivity index (χ3v) is 10.1. The molecule has 2 aliphatic rings. The van der Waals surface area contributed by atoms with E-state index in [1.807, 2.05) is 12.1 Å². The fourth-order valence-corrected chi connectivity index (χ4v) is 7.13. The molecule has 0 bridgehead atoms. The van der Waals surface area contributed by atoms with Gasteiger partial charge in [-0.2, -0.15) is 0 Å². The molecule has 0 saturated heterocycles. The Labute approximate surface area is 233 Å². The summed E-state index contributed by atoms with van der Waals surface area (Å²) in [5, 5.41) is 12.9. The molecule has 2 N–H and O–H groups in total. The van der Waals surface area contributed by atoms with Gasteiger partial charge in [-0.05, 0) is 85.4 Å². The summed E-state index contributed by atoms with van der Waals surface area (Å²) in [5.41, 5.74) is 3.72. The number of hydrogen-bond donors (Lipinski definition) is 2. The minimum absolute atomic E-state index is 0.0228. The smallest absolute Gasteiger partial charge is 0.251 e. The van der Waals surface area contributed by atoms with Gasteiger partial charge in [0.15, 0.2) is 9.84 Å². The maximum absolute atomic E-state index is 13.2. The lowest BCUT2D eigenvalue weighted by molar-refractivity contribution is 0.0175. The summed E-state index contributed by atoms with van der Waals surface area (Å²) in [6, 6.07) is 12.0. The van der Waals surface area contributed by atoms with E-state index in [2.05, 4.69) is 37.1 Å². The van der Waals surface area contributed by atoms with Crippen LogP contribution < -0.4 is 5.32 Å². The van der Waals surface area contributed by atoms with Gasteiger partial charge in [0.05, 0.1) is 29.4 Å². The van der Waals surface area contributed by atoms with Crippen LogP contribution in [0.4, 0.5) is 0 Å². The van der Waals surface area contributed by atoms with Crippen molar-refractivity contribution in [3.05, 3.63) is 64.7 Å². The monoisotopic (exact) mass is 556 g/mol. The predicted molar refractivity (Wildman–Crippen MR) is 153 cm³/mol. The molecule has 1 aliphatic carbocycles. The molecule has 1 heterocycles. The molecular weight excluding hydrogens is 512 g/mol. The van der Waals surface area contributed by atoms with E-state index in [4.69, 9.17) is 4.74 Å². The topological polar surface area (TPSA) is 95.9 Å². The van der Waals surface area contributed by atoms with E-state index in [0.717, 1.165) is 32.5 Å². The van der Waals surface area contributed by atoms with Gasteiger partial charge in [-0.25, -0.2) is 8.42 Å². The molecule has 1 saturated carbocycles. The summed E-state index contributed by atoms with van der Waals surface area (Å²) in [6.45, 7) is 10.6. The zero-order valence-electron chi connectivity index (χ0n) is 23.7. The summed E-state index contributed by atoms with van der Waals surface area (Å²) < 4.78 is 30.1. The number of benzene rings is 2. The van der Waals surface area contributed by atoms with E-state index in [1.165, 1.54) is 36.1 Å². The molecule has 0 spiro atoms. The highest BCUT2D eigenvalue weighted by Gasteiger charge is 2.35. The number of aliphatic hydroxyl groups is 1. The molecule has 0 aromatic heterocycles. The lowest BCUT2D eigenvalue weighted by atomic mass is 9.86. The molecule has 2 aromatic carbocycles. The molecule has 0 radical (unpaired) electrons. The van der Waals surface area contributed by atoms with Gasteiger partial charge in [-0.15, -0.1) is 0 Å². The first-order chi connectivity index (χ1) is 18.7. The van der Waals surface area contributed by atoms with Crippen LogP contribution >= 0.6 is 0 Å². The highest BCUT2D eigenvalue weighted by molar-refractivity contribution is 7.91. The van der Waals surface area contributed by atoms with Gasteiger partial charge in [0.2, 0.25) is 0 Å². The molecule has 8 heteroatoms. The maximum atomic E-state index is 13.2. The van der Waals surface area contributed by atoms with Gasteiger partial charge >= 0.3 is 0 Å². The van der Waals surface area contributed by atoms with Crippen molar-refractivity contribution in [1.82, 2.24) is 10.2 Å². The van der Waals surface area contributed by atoms with E-state index in [1.54, 1.807) is 19.1 Å². The molecule has 1 fully saturated rings. The minimum Gasteiger partial charge on any atom is -0.394 e. The molecule has 1 aliphatic heterocycles. The third-order valence-electron chi connectivity index (χ3n) is 8.32. The van der Waals surface area contributed by atoms with E-state index < -0.39 is 15.9 Å². The molecule has 2 atom stereocenters. The summed E-state index contributed by atoms with van der Waals surface area (Å²) in [5.74, 6) is 0.901. The predicted octanol–water partition coefficient (Wildman–Crippen LogP) is 5.05. The number of ether oxygens (including phenoxy) is 1. The highest BCUT2D eigenvalue weighted by Crippen LogP contribution is 2.41. The van der Waals surface area contributed by atoms with Crippen LogP contribution in [-0.2, 0) is 21.1 Å². The van der Waals surface area contributed by atoms with E-state index in [-0.39, 0.29) is 23.2 Å². The van der Waals surface area contributed by atoms with Gasteiger partial charge < -0.3 is 15.2 Å². The van der Waals surface area contributed by atoms with Crippen LogP contribution in [0.25, 0.3) is 0 Å². The first-order valence-electron chi connectivity index (χ1n) is 14.4. The van der Waals surface area contributed by atoms with Crippen molar-refractivity contribution >= 4 is 15.7 Å². The zero-order chi connectivity index (χ0) is 28.2. The Morgan fingerprint density at radius 2 is 1.77 bits per heavy atom. The fourth-order valence-electron chi connectivity index (χ4n) is 6.24. The fraction of sp³-hybridized carbons (Fsp3) is 0.581. The largest absolute Gasteiger partial charge is 0.394 e. The first-order valence-corrected chi connectivity index (χ1v) is 16.0. The lowest BCUT2D eigenvalue weighted by Crippen LogP contribution is -2.33. The molecular formula is C31H44N2O5S. The molecule has 1 amide bonds. The Hall–Kier alpha value is -2.26. The van der Waals surface area contributed by atoms with Gasteiger partial charge in [0, 0.05) is 31.3 Å². The maximum Gasteiger partial charge on any atom is 0.251 e. The molecule has 2 aromatic rings. The Bertz CT molecular complexity index is 1220. The van der Waals surface area contributed by atoms with Crippen molar-refractivity contribution in [2.45, 2.75) is 83.0 Å². The molecule has 4 rings (SSSR count). The van der Waals surface area contributed by atoms with E-state index in [9.17, 15) is 18.3 Å². The first kappa shape index (κ1) is 29.7. The number of rotatable bonds is 11. The summed E-state index contributed by atoms with van der Waals surface area (Å²) >= 11 is 0. The highest BCUT2D eigenvalue weighted by atomic mass is 32.2. The van der Waals surface area contributed by atoms with Crippen molar-refractivity contribution in [1.29, 1.82) is 0 Å². The number of hydrogen-bond acceptors (Lipinski definition) is 6. The van der Waals surface area contributed by atoms with E-state index >= 15 is 0 Å². The second kappa shape index (κ2) is 12.9. The van der Waals surface area contributed by atoms with Gasteiger partial charge in [0.1, 0.15) is 0 Å². The second-order valence-electron chi connectivity index (χ2n) is 11.3. The number of fused-ring (bicyclic) bond motifs is 1. The zero-order valence-corrected chi connectivity index (χ0v) is 24.5. The Balaban J connectivity index is 1.44. The van der Waals surface area contributed by atoms with Crippen LogP contribution in [0.5, 0.6) is 0 Å². The lowest BCUT2D eigenvalue weighted by Gasteiger charge is -2.35. The van der Waals surface area contributed by atoms with Crippen LogP contribution in [-0.4, -0.2) is 55.9 Å². The van der Waals surface area contributed by atoms with Crippen molar-refractivity contribution in [2.24, 2.45) is 11.8 Å². The van der Waals surface area contributed by atoms with Crippen molar-refractivity contribution < 1.29 is 23.1 Å². The van der Waals surface area contributed by atoms with Gasteiger partial charge in [-0.1, -0.05) is 39.0 Å².